The third kappa shape index (κ3) is 3.00. The molecule has 1 aromatic heterocycles. The first-order valence-corrected chi connectivity index (χ1v) is 8.26. The molecule has 0 bridgehead atoms. The third-order valence-electron chi connectivity index (χ3n) is 3.58. The molecule has 1 heterocycles. The third-order valence-corrected chi connectivity index (χ3v) is 5.47. The number of hydrogen-bond donors (Lipinski definition) is 1. The highest BCUT2D eigenvalue weighted by Gasteiger charge is 2.18. The SMILES string of the molecule is CCn1nc(C)c(Br)c1CC(N)c1cccc(Br)c1C. The van der Waals surface area contributed by atoms with Crippen molar-refractivity contribution in [3.63, 3.8) is 0 Å². The zero-order chi connectivity index (χ0) is 14.9. The van der Waals surface area contributed by atoms with E-state index in [2.05, 4.69) is 56.9 Å². The Morgan fingerprint density at radius 2 is 2.00 bits per heavy atom. The van der Waals surface area contributed by atoms with Crippen LogP contribution in [0.2, 0.25) is 0 Å². The van der Waals surface area contributed by atoms with Gasteiger partial charge < -0.3 is 5.73 Å². The largest absolute Gasteiger partial charge is 0.324 e. The predicted molar refractivity (Wildman–Crippen MR) is 89.8 cm³/mol. The van der Waals surface area contributed by atoms with Crippen molar-refractivity contribution in [2.75, 3.05) is 0 Å². The van der Waals surface area contributed by atoms with E-state index in [1.807, 2.05) is 23.7 Å². The quantitative estimate of drug-likeness (QED) is 0.831. The van der Waals surface area contributed by atoms with Crippen LogP contribution in [-0.4, -0.2) is 9.78 Å². The second-order valence-electron chi connectivity index (χ2n) is 4.93. The molecule has 1 atom stereocenters. The molecule has 0 spiro atoms. The molecular weight excluding hydrogens is 382 g/mol. The molecule has 1 unspecified atom stereocenters. The van der Waals surface area contributed by atoms with Gasteiger partial charge in [-0.2, -0.15) is 5.10 Å². The molecule has 0 saturated heterocycles. The number of hydrogen-bond acceptors (Lipinski definition) is 2. The van der Waals surface area contributed by atoms with E-state index in [1.54, 1.807) is 0 Å². The maximum absolute atomic E-state index is 6.42. The minimum absolute atomic E-state index is 0.0369. The first kappa shape index (κ1) is 15.7. The minimum Gasteiger partial charge on any atom is -0.324 e. The van der Waals surface area contributed by atoms with Gasteiger partial charge in [0.1, 0.15) is 0 Å². The fraction of sp³-hybridized carbons (Fsp3) is 0.400. The van der Waals surface area contributed by atoms with E-state index in [1.165, 1.54) is 11.1 Å². The lowest BCUT2D eigenvalue weighted by Crippen LogP contribution is -2.17. The summed E-state index contributed by atoms with van der Waals surface area (Å²) in [5.74, 6) is 0. The van der Waals surface area contributed by atoms with Gasteiger partial charge in [0.2, 0.25) is 0 Å². The molecule has 108 valence electrons. The molecule has 0 saturated carbocycles. The Kier molecular flexibility index (Phi) is 5.04. The van der Waals surface area contributed by atoms with Crippen molar-refractivity contribution in [3.8, 4) is 0 Å². The molecule has 20 heavy (non-hydrogen) atoms. The molecule has 0 aliphatic rings. The second kappa shape index (κ2) is 6.41. The van der Waals surface area contributed by atoms with E-state index in [-0.39, 0.29) is 6.04 Å². The van der Waals surface area contributed by atoms with Crippen molar-refractivity contribution in [1.82, 2.24) is 9.78 Å². The standard InChI is InChI=1S/C15H19Br2N3/c1-4-20-14(15(17)10(3)19-20)8-13(18)11-6-5-7-12(16)9(11)2/h5-7,13H,4,8,18H2,1-3H3. The summed E-state index contributed by atoms with van der Waals surface area (Å²) in [7, 11) is 0. The van der Waals surface area contributed by atoms with Gasteiger partial charge in [0, 0.05) is 23.5 Å². The Hall–Kier alpha value is -0.650. The van der Waals surface area contributed by atoms with Crippen LogP contribution in [-0.2, 0) is 13.0 Å². The van der Waals surface area contributed by atoms with Crippen LogP contribution < -0.4 is 5.73 Å². The second-order valence-corrected chi connectivity index (χ2v) is 6.57. The normalized spacial score (nSPS) is 12.7. The zero-order valence-corrected chi connectivity index (χ0v) is 15.1. The lowest BCUT2D eigenvalue weighted by molar-refractivity contribution is 0.585. The topological polar surface area (TPSA) is 43.8 Å². The number of benzene rings is 1. The Bertz CT molecular complexity index is 620. The molecule has 0 aliphatic carbocycles. The Morgan fingerprint density at radius 1 is 1.30 bits per heavy atom. The first-order valence-electron chi connectivity index (χ1n) is 6.68. The number of nitrogens with two attached hydrogens (primary N) is 1. The van der Waals surface area contributed by atoms with Gasteiger partial charge >= 0.3 is 0 Å². The molecule has 5 heteroatoms. The van der Waals surface area contributed by atoms with E-state index in [0.717, 1.165) is 33.3 Å². The van der Waals surface area contributed by atoms with Crippen LogP contribution in [0.25, 0.3) is 0 Å². The average molecular weight is 401 g/mol. The van der Waals surface area contributed by atoms with E-state index < -0.39 is 0 Å². The molecule has 2 rings (SSSR count). The summed E-state index contributed by atoms with van der Waals surface area (Å²) in [5, 5.41) is 4.52. The molecule has 0 aliphatic heterocycles. The van der Waals surface area contributed by atoms with Gasteiger partial charge in [-0.1, -0.05) is 28.1 Å². The minimum atomic E-state index is -0.0369. The molecule has 0 amide bonds. The molecular formula is C15H19Br2N3. The summed E-state index contributed by atoms with van der Waals surface area (Å²) in [5.41, 5.74) is 11.0. The number of halogens is 2. The highest BCUT2D eigenvalue weighted by atomic mass is 79.9. The summed E-state index contributed by atoms with van der Waals surface area (Å²) in [6, 6.07) is 6.13. The van der Waals surface area contributed by atoms with Crippen LogP contribution in [0, 0.1) is 13.8 Å². The van der Waals surface area contributed by atoms with Crippen molar-refractivity contribution in [2.24, 2.45) is 5.73 Å². The number of aryl methyl sites for hydroxylation is 2. The van der Waals surface area contributed by atoms with Crippen molar-refractivity contribution < 1.29 is 0 Å². The molecule has 2 N–H and O–H groups in total. The molecule has 2 aromatic rings. The maximum atomic E-state index is 6.42. The van der Waals surface area contributed by atoms with Gasteiger partial charge in [0.25, 0.3) is 0 Å². The average Bonchev–Trinajstić information content (AvgIpc) is 2.69. The monoisotopic (exact) mass is 399 g/mol. The van der Waals surface area contributed by atoms with Crippen LogP contribution in [0.1, 0.15) is 35.5 Å². The van der Waals surface area contributed by atoms with Crippen molar-refractivity contribution in [3.05, 3.63) is 49.7 Å². The van der Waals surface area contributed by atoms with Crippen LogP contribution in [0.3, 0.4) is 0 Å². The van der Waals surface area contributed by atoms with Gasteiger partial charge in [-0.25, -0.2) is 0 Å². The van der Waals surface area contributed by atoms with Gasteiger partial charge in [-0.3, -0.25) is 4.68 Å². The highest BCUT2D eigenvalue weighted by molar-refractivity contribution is 9.10. The maximum Gasteiger partial charge on any atom is 0.0738 e. The van der Waals surface area contributed by atoms with Crippen molar-refractivity contribution in [2.45, 2.75) is 39.8 Å². The van der Waals surface area contributed by atoms with Gasteiger partial charge in [0.15, 0.2) is 0 Å². The Morgan fingerprint density at radius 3 is 2.65 bits per heavy atom. The summed E-state index contributed by atoms with van der Waals surface area (Å²) >= 11 is 7.19. The van der Waals surface area contributed by atoms with Crippen LogP contribution in [0.5, 0.6) is 0 Å². The zero-order valence-electron chi connectivity index (χ0n) is 12.0. The van der Waals surface area contributed by atoms with E-state index in [0.29, 0.717) is 0 Å². The van der Waals surface area contributed by atoms with E-state index >= 15 is 0 Å². The van der Waals surface area contributed by atoms with Crippen LogP contribution in [0.4, 0.5) is 0 Å². The lowest BCUT2D eigenvalue weighted by Gasteiger charge is -2.16. The van der Waals surface area contributed by atoms with Gasteiger partial charge in [0.05, 0.1) is 15.9 Å². The fourth-order valence-electron chi connectivity index (χ4n) is 2.41. The van der Waals surface area contributed by atoms with Crippen molar-refractivity contribution >= 4 is 31.9 Å². The van der Waals surface area contributed by atoms with Crippen molar-refractivity contribution in [1.29, 1.82) is 0 Å². The number of aromatic nitrogens is 2. The Labute approximate surface area is 136 Å². The summed E-state index contributed by atoms with van der Waals surface area (Å²) in [6.07, 6.45) is 0.770. The predicted octanol–water partition coefficient (Wildman–Crippen LogP) is 4.29. The number of rotatable bonds is 4. The van der Waals surface area contributed by atoms with Gasteiger partial charge in [-0.05, 0) is 53.9 Å². The smallest absolute Gasteiger partial charge is 0.0738 e. The van der Waals surface area contributed by atoms with Crippen LogP contribution in [0.15, 0.2) is 27.1 Å². The molecule has 3 nitrogen and oxygen atoms in total. The highest BCUT2D eigenvalue weighted by Crippen LogP contribution is 2.29. The lowest BCUT2D eigenvalue weighted by atomic mass is 9.98. The summed E-state index contributed by atoms with van der Waals surface area (Å²) in [4.78, 5) is 0. The van der Waals surface area contributed by atoms with Crippen LogP contribution >= 0.6 is 31.9 Å². The molecule has 1 aromatic carbocycles. The molecule has 0 radical (unpaired) electrons. The van der Waals surface area contributed by atoms with E-state index in [4.69, 9.17) is 5.73 Å². The number of nitrogens with zero attached hydrogens (tertiary/aromatic N) is 2. The summed E-state index contributed by atoms with van der Waals surface area (Å²) in [6.45, 7) is 7.05. The molecule has 0 fully saturated rings. The fourth-order valence-corrected chi connectivity index (χ4v) is 3.24. The summed E-state index contributed by atoms with van der Waals surface area (Å²) < 4.78 is 4.19. The first-order chi connectivity index (χ1) is 9.45. The van der Waals surface area contributed by atoms with Gasteiger partial charge in [-0.15, -0.1) is 0 Å². The van der Waals surface area contributed by atoms with E-state index in [9.17, 15) is 0 Å². The Balaban J connectivity index is 2.32.